The zero-order valence-electron chi connectivity index (χ0n) is 43.7. The van der Waals surface area contributed by atoms with E-state index in [9.17, 15) is 24.0 Å². The Morgan fingerprint density at radius 2 is 1.61 bits per heavy atom. The number of benzene rings is 3. The van der Waals surface area contributed by atoms with Crippen LogP contribution < -0.4 is 31.7 Å². The molecular formula is C56H79BN6O8. The van der Waals surface area contributed by atoms with Gasteiger partial charge in [-0.2, -0.15) is 0 Å². The molecule has 5 aliphatic rings. The first-order chi connectivity index (χ1) is 33.8. The molecule has 8 rings (SSSR count). The van der Waals surface area contributed by atoms with Crippen molar-refractivity contribution in [2.75, 3.05) is 20.7 Å². The van der Waals surface area contributed by atoms with E-state index < -0.39 is 72.1 Å². The molecule has 3 aromatic rings. The number of aryl methyl sites for hydroxylation is 2. The second kappa shape index (κ2) is 22.7. The monoisotopic (exact) mass is 975 g/mol. The zero-order chi connectivity index (χ0) is 51.3. The van der Waals surface area contributed by atoms with Gasteiger partial charge in [0.15, 0.2) is 0 Å². The second-order valence-corrected chi connectivity index (χ2v) is 21.8. The standard InChI is InChI=1S/C56H79BN6O8/c1-10-11-17-37-21-23-38(24-22-37)39-25-27-40(28-26-39)50(65)62-45(20-15-16-31-58)53(68)63(8)48-42-29-30-46(69-9)41(32-42)18-13-12-14-19-44(61-49(64)35(2)59-52(48)67)51(66)60-36(3)57-70-55(6)34-43-33-47(54(43,4)5)56(55,7)71-57/h21-30,32,35-36,43-45,47-48H,10-20,31,33-34,58H2,1-9H3,(H,59,67)(H,60,66)(H,61,64)(H,62,65)/t35-,36-,43-,44-,45-,47-,48-,55+,56-/m0/s1. The average Bonchev–Trinajstić information content (AvgIpc) is 3.65. The maximum atomic E-state index is 14.8. The second-order valence-electron chi connectivity index (χ2n) is 21.8. The van der Waals surface area contributed by atoms with Crippen LogP contribution in [0.25, 0.3) is 11.1 Å². The molecule has 71 heavy (non-hydrogen) atoms. The van der Waals surface area contributed by atoms with Crippen LogP contribution in [0.15, 0.2) is 66.7 Å². The van der Waals surface area contributed by atoms with Crippen LogP contribution in [0.2, 0.25) is 0 Å². The van der Waals surface area contributed by atoms with E-state index in [4.69, 9.17) is 19.8 Å². The van der Waals surface area contributed by atoms with Gasteiger partial charge in [-0.3, -0.25) is 24.0 Å². The first-order valence-electron chi connectivity index (χ1n) is 26.2. The third-order valence-electron chi connectivity index (χ3n) is 16.6. The molecule has 0 unspecified atom stereocenters. The van der Waals surface area contributed by atoms with Gasteiger partial charge < -0.3 is 45.9 Å². The van der Waals surface area contributed by atoms with Crippen LogP contribution >= 0.6 is 0 Å². The molecule has 0 spiro atoms. The predicted molar refractivity (Wildman–Crippen MR) is 277 cm³/mol. The van der Waals surface area contributed by atoms with Gasteiger partial charge >= 0.3 is 7.12 Å². The van der Waals surface area contributed by atoms with Crippen molar-refractivity contribution < 1.29 is 38.0 Å². The van der Waals surface area contributed by atoms with Crippen LogP contribution in [0.4, 0.5) is 0 Å². The minimum atomic E-state index is -1.20. The summed E-state index contributed by atoms with van der Waals surface area (Å²) >= 11 is 0. The van der Waals surface area contributed by atoms with Gasteiger partial charge in [-0.25, -0.2) is 0 Å². The van der Waals surface area contributed by atoms with Crippen LogP contribution in [-0.4, -0.2) is 97.5 Å². The lowest BCUT2D eigenvalue weighted by Gasteiger charge is -2.67. The lowest BCUT2D eigenvalue weighted by atomic mass is 9.41. The largest absolute Gasteiger partial charge is 0.496 e. The number of unbranched alkanes of at least 4 members (excludes halogenated alkanes) is 2. The number of carbonyl (C=O) groups excluding carboxylic acids is 5. The molecule has 5 amide bonds. The number of hydrogen-bond donors (Lipinski definition) is 5. The highest BCUT2D eigenvalue weighted by Gasteiger charge is 2.73. The highest BCUT2D eigenvalue weighted by atomic mass is 16.7. The van der Waals surface area contributed by atoms with Gasteiger partial charge in [0.25, 0.3) is 5.91 Å². The minimum absolute atomic E-state index is 0.152. The van der Waals surface area contributed by atoms with E-state index in [1.54, 1.807) is 45.3 Å². The highest BCUT2D eigenvalue weighted by Crippen LogP contribution is 2.69. The van der Waals surface area contributed by atoms with Crippen molar-refractivity contribution in [3.8, 4) is 16.9 Å². The van der Waals surface area contributed by atoms with Gasteiger partial charge in [0, 0.05) is 12.6 Å². The van der Waals surface area contributed by atoms with Gasteiger partial charge in [-0.15, -0.1) is 0 Å². The van der Waals surface area contributed by atoms with Gasteiger partial charge in [-0.05, 0) is 168 Å². The summed E-state index contributed by atoms with van der Waals surface area (Å²) in [4.78, 5) is 72.9. The van der Waals surface area contributed by atoms with E-state index in [0.717, 1.165) is 61.6 Å². The maximum absolute atomic E-state index is 14.8. The van der Waals surface area contributed by atoms with Crippen molar-refractivity contribution in [1.29, 1.82) is 0 Å². The minimum Gasteiger partial charge on any atom is -0.496 e. The number of nitrogens with zero attached hydrogens (tertiary/aromatic N) is 1. The fraction of sp³-hybridized carbons (Fsp3) is 0.589. The smallest absolute Gasteiger partial charge is 0.481 e. The van der Waals surface area contributed by atoms with Crippen LogP contribution in [0.1, 0.15) is 152 Å². The van der Waals surface area contributed by atoms with Crippen molar-refractivity contribution in [3.05, 3.63) is 89.0 Å². The molecule has 3 saturated carbocycles. The number of methoxy groups -OCH3 is 1. The molecule has 15 heteroatoms. The molecule has 0 radical (unpaired) electrons. The first-order valence-corrected chi connectivity index (χ1v) is 26.2. The Bertz CT molecular complexity index is 2380. The van der Waals surface area contributed by atoms with Gasteiger partial charge in [0.2, 0.25) is 23.6 Å². The van der Waals surface area contributed by atoms with Gasteiger partial charge in [-0.1, -0.05) is 82.5 Å². The summed E-state index contributed by atoms with van der Waals surface area (Å²) in [5.41, 5.74) is 10.1. The Morgan fingerprint density at radius 3 is 2.27 bits per heavy atom. The number of rotatable bonds is 16. The van der Waals surface area contributed by atoms with Gasteiger partial charge in [0.1, 0.15) is 29.9 Å². The summed E-state index contributed by atoms with van der Waals surface area (Å²) in [7, 11) is 2.47. The summed E-state index contributed by atoms with van der Waals surface area (Å²) in [6.07, 6.45) is 9.89. The number of fused-ring (bicyclic) bond motifs is 2. The molecule has 2 heterocycles. The number of hydrogen-bond acceptors (Lipinski definition) is 9. The van der Waals surface area contributed by atoms with E-state index in [1.807, 2.05) is 25.1 Å². The Morgan fingerprint density at radius 1 is 0.901 bits per heavy atom. The van der Waals surface area contributed by atoms with Crippen molar-refractivity contribution in [3.63, 3.8) is 0 Å². The third kappa shape index (κ3) is 11.5. The highest BCUT2D eigenvalue weighted by molar-refractivity contribution is 6.48. The molecule has 14 nitrogen and oxygen atoms in total. The molecule has 4 fully saturated rings. The lowest BCUT2D eigenvalue weighted by molar-refractivity contribution is -0.235. The predicted octanol–water partition coefficient (Wildman–Crippen LogP) is 7.40. The topological polar surface area (TPSA) is 190 Å². The number of nitrogens with one attached hydrogen (secondary N) is 4. The number of nitrogens with two attached hydrogens (primary N) is 1. The molecule has 9 atom stereocenters. The Labute approximate surface area is 422 Å². The van der Waals surface area contributed by atoms with E-state index in [2.05, 4.69) is 80.2 Å². The number of ether oxygens (including phenoxy) is 1. The third-order valence-corrected chi connectivity index (χ3v) is 16.6. The molecule has 1 saturated heterocycles. The Hall–Kier alpha value is -5.25. The number of likely N-dealkylation sites (N-methyl/N-ethyl adjacent to an activating group) is 1. The fourth-order valence-corrected chi connectivity index (χ4v) is 11.7. The van der Waals surface area contributed by atoms with E-state index >= 15 is 0 Å². The maximum Gasteiger partial charge on any atom is 0.481 e. The van der Waals surface area contributed by atoms with Crippen LogP contribution in [0, 0.1) is 17.3 Å². The molecule has 2 aliphatic heterocycles. The molecular weight excluding hydrogens is 895 g/mol. The average molecular weight is 975 g/mol. The zero-order valence-corrected chi connectivity index (χ0v) is 43.7. The van der Waals surface area contributed by atoms with E-state index in [0.29, 0.717) is 67.4 Å². The van der Waals surface area contributed by atoms with Crippen LogP contribution in [-0.2, 0) is 41.3 Å². The quantitative estimate of drug-likeness (QED) is 0.0720. The van der Waals surface area contributed by atoms with E-state index in [-0.39, 0.29) is 17.7 Å². The number of amides is 5. The van der Waals surface area contributed by atoms with Crippen molar-refractivity contribution >= 4 is 36.7 Å². The lowest BCUT2D eigenvalue weighted by Crippen LogP contribution is -2.70. The molecule has 0 aromatic heterocycles. The van der Waals surface area contributed by atoms with Crippen molar-refractivity contribution in [2.45, 2.75) is 173 Å². The molecule has 4 bridgehead atoms. The van der Waals surface area contributed by atoms with Crippen LogP contribution in [0.3, 0.4) is 0 Å². The van der Waals surface area contributed by atoms with E-state index in [1.165, 1.54) is 10.5 Å². The number of carbonyl (C=O) groups is 5. The SMILES string of the molecule is CCCCc1ccc(-c2ccc(C(=O)N[C@@H](CCCCN)C(=O)N(C)[C@@H]3C(=O)N[C@@H](C)C(=O)N[C@H](C(=O)N[C@@H](C)B4O[C@]5(C)C[C@@H]6C[C@@H](C6(C)C)[C@]5(C)O4)CCCCCc4cc3ccc4OC)cc2)cc1. The van der Waals surface area contributed by atoms with Gasteiger partial charge in [0.05, 0.1) is 24.3 Å². The first kappa shape index (κ1) is 53.6. The van der Waals surface area contributed by atoms with Crippen molar-refractivity contribution in [2.24, 2.45) is 23.0 Å². The summed E-state index contributed by atoms with van der Waals surface area (Å²) in [5, 5.41) is 11.9. The summed E-state index contributed by atoms with van der Waals surface area (Å²) in [5.74, 6) is -1.39. The molecule has 6 N–H and O–H groups in total. The van der Waals surface area contributed by atoms with Crippen LogP contribution in [0.5, 0.6) is 5.75 Å². The summed E-state index contributed by atoms with van der Waals surface area (Å²) in [6, 6.07) is 17.0. The summed E-state index contributed by atoms with van der Waals surface area (Å²) in [6.45, 7) is 14.9. The molecule has 3 aromatic carbocycles. The molecule has 3 aliphatic carbocycles. The Kier molecular flexibility index (Phi) is 17.1. The fourth-order valence-electron chi connectivity index (χ4n) is 11.7. The van der Waals surface area contributed by atoms with Crippen molar-refractivity contribution in [1.82, 2.24) is 26.2 Å². The normalized spacial score (nSPS) is 27.0. The molecule has 384 valence electrons. The Balaban J connectivity index is 1.07. The summed E-state index contributed by atoms with van der Waals surface area (Å²) < 4.78 is 19.2.